The van der Waals surface area contributed by atoms with Crippen molar-refractivity contribution in [1.82, 2.24) is 4.90 Å². The lowest BCUT2D eigenvalue weighted by atomic mass is 10.1. The van der Waals surface area contributed by atoms with Crippen LogP contribution < -0.4 is 5.43 Å². The number of hydrogen-bond donors (Lipinski definition) is 0. The van der Waals surface area contributed by atoms with Gasteiger partial charge in [0.05, 0.1) is 16.7 Å². The van der Waals surface area contributed by atoms with E-state index in [9.17, 15) is 4.79 Å². The van der Waals surface area contributed by atoms with Crippen molar-refractivity contribution in [1.29, 1.82) is 0 Å². The van der Waals surface area contributed by atoms with Gasteiger partial charge in [-0.1, -0.05) is 23.2 Å². The SMILES string of the molecule is Cl.O=c1c(CN2CCSCC2)coc2c(Cl)cc(Cl)cc12. The second kappa shape index (κ2) is 7.25. The molecule has 3 rings (SSSR count). The van der Waals surface area contributed by atoms with Crippen molar-refractivity contribution in [2.75, 3.05) is 24.6 Å². The van der Waals surface area contributed by atoms with Crippen LogP contribution in [0, 0.1) is 0 Å². The predicted molar refractivity (Wildman–Crippen MR) is 92.4 cm³/mol. The molecule has 3 nitrogen and oxygen atoms in total. The molecule has 1 aliphatic rings. The molecule has 0 unspecified atom stereocenters. The van der Waals surface area contributed by atoms with Gasteiger partial charge in [0.2, 0.25) is 0 Å². The Morgan fingerprint density at radius 3 is 2.67 bits per heavy atom. The van der Waals surface area contributed by atoms with Gasteiger partial charge in [0.1, 0.15) is 0 Å². The Morgan fingerprint density at radius 2 is 1.95 bits per heavy atom. The van der Waals surface area contributed by atoms with E-state index in [1.54, 1.807) is 12.1 Å². The van der Waals surface area contributed by atoms with E-state index >= 15 is 0 Å². The van der Waals surface area contributed by atoms with Crippen molar-refractivity contribution in [3.05, 3.63) is 44.2 Å². The van der Waals surface area contributed by atoms with Crippen molar-refractivity contribution in [3.63, 3.8) is 0 Å². The molecule has 1 saturated heterocycles. The summed E-state index contributed by atoms with van der Waals surface area (Å²) in [5.41, 5.74) is 1.01. The van der Waals surface area contributed by atoms with Crippen LogP contribution in [0.15, 0.2) is 27.6 Å². The van der Waals surface area contributed by atoms with Crippen LogP contribution in [0.2, 0.25) is 10.0 Å². The van der Waals surface area contributed by atoms with E-state index in [1.807, 2.05) is 11.8 Å². The zero-order chi connectivity index (χ0) is 14.1. The zero-order valence-corrected chi connectivity index (χ0v) is 14.2. The summed E-state index contributed by atoms with van der Waals surface area (Å²) in [5, 5.41) is 1.26. The van der Waals surface area contributed by atoms with Crippen molar-refractivity contribution >= 4 is 58.3 Å². The number of hydrogen-bond acceptors (Lipinski definition) is 4. The highest BCUT2D eigenvalue weighted by molar-refractivity contribution is 7.99. The van der Waals surface area contributed by atoms with Crippen LogP contribution in [0.25, 0.3) is 11.0 Å². The summed E-state index contributed by atoms with van der Waals surface area (Å²) in [6.07, 6.45) is 1.52. The van der Waals surface area contributed by atoms with Crippen LogP contribution in [-0.2, 0) is 6.54 Å². The fraction of sp³-hybridized carbons (Fsp3) is 0.357. The molecule has 7 heteroatoms. The minimum absolute atomic E-state index is 0. The number of nitrogens with zero attached hydrogens (tertiary/aromatic N) is 1. The van der Waals surface area contributed by atoms with Gasteiger partial charge in [0, 0.05) is 41.7 Å². The van der Waals surface area contributed by atoms with Crippen LogP contribution in [-0.4, -0.2) is 29.5 Å². The highest BCUT2D eigenvalue weighted by Gasteiger charge is 2.15. The van der Waals surface area contributed by atoms with E-state index in [0.29, 0.717) is 33.1 Å². The second-order valence-electron chi connectivity index (χ2n) is 4.74. The predicted octanol–water partition coefficient (Wildman–Crippen LogP) is 4.07. The highest BCUT2D eigenvalue weighted by Crippen LogP contribution is 2.26. The summed E-state index contributed by atoms with van der Waals surface area (Å²) in [4.78, 5) is 14.8. The summed E-state index contributed by atoms with van der Waals surface area (Å²) in [5.74, 6) is 2.22. The average Bonchev–Trinajstić information content (AvgIpc) is 2.43. The van der Waals surface area contributed by atoms with Gasteiger partial charge in [-0.05, 0) is 12.1 Å². The molecule has 114 valence electrons. The molecular formula is C14H14Cl3NO2S. The molecule has 0 bridgehead atoms. The maximum Gasteiger partial charge on any atom is 0.197 e. The Kier molecular flexibility index (Phi) is 5.86. The second-order valence-corrected chi connectivity index (χ2v) is 6.81. The number of halogens is 3. The van der Waals surface area contributed by atoms with Crippen LogP contribution in [0.3, 0.4) is 0 Å². The molecule has 0 saturated carbocycles. The molecule has 1 aromatic carbocycles. The first-order chi connectivity index (χ1) is 9.65. The Morgan fingerprint density at radius 1 is 1.24 bits per heavy atom. The van der Waals surface area contributed by atoms with Gasteiger partial charge in [-0.25, -0.2) is 0 Å². The first kappa shape index (κ1) is 17.0. The van der Waals surface area contributed by atoms with E-state index < -0.39 is 0 Å². The van der Waals surface area contributed by atoms with Crippen molar-refractivity contribution in [2.45, 2.75) is 6.54 Å². The third kappa shape index (κ3) is 3.69. The van der Waals surface area contributed by atoms with Gasteiger partial charge in [-0.15, -0.1) is 12.4 Å². The largest absolute Gasteiger partial charge is 0.462 e. The van der Waals surface area contributed by atoms with E-state index in [4.69, 9.17) is 27.6 Å². The lowest BCUT2D eigenvalue weighted by molar-refractivity contribution is 0.291. The first-order valence-electron chi connectivity index (χ1n) is 6.34. The molecule has 0 atom stereocenters. The molecule has 0 radical (unpaired) electrons. The number of rotatable bonds is 2. The van der Waals surface area contributed by atoms with Crippen LogP contribution in [0.5, 0.6) is 0 Å². The van der Waals surface area contributed by atoms with E-state index in [-0.39, 0.29) is 17.8 Å². The monoisotopic (exact) mass is 365 g/mol. The molecule has 1 aromatic heterocycles. The molecule has 21 heavy (non-hydrogen) atoms. The highest BCUT2D eigenvalue weighted by atomic mass is 35.5. The average molecular weight is 367 g/mol. The zero-order valence-electron chi connectivity index (χ0n) is 11.1. The molecule has 1 fully saturated rings. The van der Waals surface area contributed by atoms with Gasteiger partial charge in [-0.2, -0.15) is 11.8 Å². The number of fused-ring (bicyclic) bond motifs is 1. The summed E-state index contributed by atoms with van der Waals surface area (Å²) >= 11 is 14.0. The van der Waals surface area contributed by atoms with Crippen molar-refractivity contribution in [2.24, 2.45) is 0 Å². The fourth-order valence-electron chi connectivity index (χ4n) is 2.31. The van der Waals surface area contributed by atoms with Crippen molar-refractivity contribution < 1.29 is 4.42 Å². The molecule has 1 aliphatic heterocycles. The summed E-state index contributed by atoms with van der Waals surface area (Å²) in [6, 6.07) is 3.19. The molecule has 2 aromatic rings. The smallest absolute Gasteiger partial charge is 0.197 e. The first-order valence-corrected chi connectivity index (χ1v) is 8.26. The van der Waals surface area contributed by atoms with Crippen LogP contribution >= 0.6 is 47.4 Å². The summed E-state index contributed by atoms with van der Waals surface area (Å²) < 4.78 is 5.53. The molecule has 0 amide bonds. The third-order valence-corrected chi connectivity index (χ3v) is 4.80. The minimum Gasteiger partial charge on any atom is -0.462 e. The molecule has 0 N–H and O–H groups in total. The topological polar surface area (TPSA) is 33.5 Å². The van der Waals surface area contributed by atoms with Gasteiger partial charge in [0.25, 0.3) is 0 Å². The van der Waals surface area contributed by atoms with Crippen LogP contribution in [0.1, 0.15) is 5.56 Å². The fourth-order valence-corrected chi connectivity index (χ4v) is 3.83. The Bertz CT molecular complexity index is 698. The van der Waals surface area contributed by atoms with Gasteiger partial charge in [-0.3, -0.25) is 9.69 Å². The maximum atomic E-state index is 12.5. The third-order valence-electron chi connectivity index (χ3n) is 3.36. The van der Waals surface area contributed by atoms with E-state index in [2.05, 4.69) is 4.90 Å². The summed E-state index contributed by atoms with van der Waals surface area (Å²) in [6.45, 7) is 2.61. The Hall–Kier alpha value is -0.390. The van der Waals surface area contributed by atoms with E-state index in [0.717, 1.165) is 24.6 Å². The minimum atomic E-state index is -0.0473. The lowest BCUT2D eigenvalue weighted by Gasteiger charge is -2.25. The molecular weight excluding hydrogens is 353 g/mol. The quantitative estimate of drug-likeness (QED) is 0.802. The van der Waals surface area contributed by atoms with Crippen molar-refractivity contribution in [3.8, 4) is 0 Å². The number of benzene rings is 1. The Balaban J connectivity index is 0.00000161. The molecule has 2 heterocycles. The normalized spacial score (nSPS) is 15.9. The number of thioether (sulfide) groups is 1. The lowest BCUT2D eigenvalue weighted by Crippen LogP contribution is -2.33. The van der Waals surface area contributed by atoms with Gasteiger partial charge < -0.3 is 4.42 Å². The molecule has 0 spiro atoms. The van der Waals surface area contributed by atoms with E-state index in [1.165, 1.54) is 6.26 Å². The summed E-state index contributed by atoms with van der Waals surface area (Å²) in [7, 11) is 0. The molecule has 0 aliphatic carbocycles. The standard InChI is InChI=1S/C14H13Cl2NO2S.ClH/c15-10-5-11-13(18)9(7-17-1-3-20-4-2-17)8-19-14(11)12(16)6-10;/h5-6,8H,1-4,7H2;1H. The Labute approximate surface area is 143 Å². The van der Waals surface area contributed by atoms with Gasteiger partial charge in [0.15, 0.2) is 11.0 Å². The van der Waals surface area contributed by atoms with Gasteiger partial charge >= 0.3 is 0 Å². The maximum absolute atomic E-state index is 12.5. The van der Waals surface area contributed by atoms with Crippen LogP contribution in [0.4, 0.5) is 0 Å².